The Morgan fingerprint density at radius 1 is 0.740 bits per heavy atom. The molecule has 2 aromatic rings. The number of carbonyl (C=O) groups excluding carboxylic acids is 1. The van der Waals surface area contributed by atoms with Gasteiger partial charge in [-0.15, -0.1) is 0 Å². The molecule has 2 N–H and O–H groups in total. The van der Waals surface area contributed by atoms with E-state index in [1.807, 2.05) is 0 Å². The third-order valence-electron chi connectivity index (χ3n) is 10.6. The number of anilines is 1. The molecule has 1 amide bonds. The maximum atomic E-state index is 12.4. The molecule has 5 nitrogen and oxygen atoms in total. The number of hydrogen-bond donors (Lipinski definition) is 2. The summed E-state index contributed by atoms with van der Waals surface area (Å²) >= 11 is 0. The fourth-order valence-electron chi connectivity index (χ4n) is 7.64. The number of carbonyl (C=O) groups is 1. The van der Waals surface area contributed by atoms with Crippen molar-refractivity contribution in [2.24, 2.45) is 0 Å². The highest BCUT2D eigenvalue weighted by Gasteiger charge is 2.42. The molecular formula is C44H65IN4O. The molecule has 0 unspecified atom stereocenters. The van der Waals surface area contributed by atoms with Crippen molar-refractivity contribution in [3.8, 4) is 0 Å². The Kier molecular flexibility index (Phi) is 17.5. The minimum Gasteiger partial charge on any atom is -1.00 e. The van der Waals surface area contributed by atoms with Crippen LogP contribution in [0.3, 0.4) is 0 Å². The molecular weight excluding hydrogens is 727 g/mol. The fraction of sp³-hybridized carbons (Fsp3) is 0.545. The lowest BCUT2D eigenvalue weighted by atomic mass is 9.81. The van der Waals surface area contributed by atoms with E-state index in [9.17, 15) is 4.79 Å². The molecule has 2 aliphatic rings. The van der Waals surface area contributed by atoms with Crippen LogP contribution in [0, 0.1) is 0 Å². The number of fused-ring (bicyclic) bond motifs is 2. The van der Waals surface area contributed by atoms with Crippen LogP contribution in [0.15, 0.2) is 84.6 Å². The van der Waals surface area contributed by atoms with Crippen LogP contribution in [0.5, 0.6) is 0 Å². The summed E-state index contributed by atoms with van der Waals surface area (Å²) in [6.45, 7) is 15.3. The van der Waals surface area contributed by atoms with Crippen LogP contribution in [0.1, 0.15) is 123 Å². The first kappa shape index (κ1) is 41.7. The number of rotatable bonds is 21. The highest BCUT2D eigenvalue weighted by atomic mass is 127. The van der Waals surface area contributed by atoms with Crippen molar-refractivity contribution in [3.05, 3.63) is 95.7 Å². The van der Waals surface area contributed by atoms with Crippen LogP contribution < -0.4 is 39.5 Å². The van der Waals surface area contributed by atoms with Crippen molar-refractivity contribution in [1.82, 2.24) is 10.6 Å². The molecule has 4 rings (SSSR count). The highest BCUT2D eigenvalue weighted by Crippen LogP contribution is 2.47. The molecule has 0 aromatic heterocycles. The average molecular weight is 793 g/mol. The molecule has 0 aliphatic carbocycles. The molecule has 274 valence electrons. The van der Waals surface area contributed by atoms with Crippen molar-refractivity contribution >= 4 is 23.0 Å². The molecule has 0 bridgehead atoms. The van der Waals surface area contributed by atoms with E-state index in [0.29, 0.717) is 6.42 Å². The summed E-state index contributed by atoms with van der Waals surface area (Å²) in [6, 6.07) is 17.5. The summed E-state index contributed by atoms with van der Waals surface area (Å²) in [7, 11) is 2.17. The van der Waals surface area contributed by atoms with Gasteiger partial charge in [-0.05, 0) is 70.3 Å². The standard InChI is InChI=1S/C44H64N4O.HI/c1-7-8-9-10-11-12-22-32-45-33-24-34-46-42(49)31-17-14-23-35-48-39-28-21-19-26-37(39)44(4,5)41(48)30-16-13-15-29-40-43(2,3)36-25-18-20-27-38(36)47(40)6;/h13,15-16,18-21,25-30,45H,7-12,14,17,22-24,31-35H2,1-6H3;1H. The van der Waals surface area contributed by atoms with E-state index in [1.54, 1.807) is 0 Å². The molecule has 0 fully saturated rings. The number of nitrogens with zero attached hydrogens (tertiary/aromatic N) is 2. The van der Waals surface area contributed by atoms with Gasteiger partial charge in [-0.2, -0.15) is 4.58 Å². The lowest BCUT2D eigenvalue weighted by Crippen LogP contribution is -3.00. The first-order valence-electron chi connectivity index (χ1n) is 19.3. The minimum atomic E-state index is -0.0717. The van der Waals surface area contributed by atoms with E-state index < -0.39 is 0 Å². The number of unbranched alkanes of at least 4 members (excludes halogenated alkanes) is 8. The largest absolute Gasteiger partial charge is 1.00 e. The number of para-hydroxylation sites is 2. The third-order valence-corrected chi connectivity index (χ3v) is 10.6. The maximum absolute atomic E-state index is 12.4. The van der Waals surface area contributed by atoms with Gasteiger partial charge in [-0.1, -0.05) is 120 Å². The van der Waals surface area contributed by atoms with E-state index in [-0.39, 0.29) is 40.7 Å². The predicted octanol–water partition coefficient (Wildman–Crippen LogP) is 6.90. The summed E-state index contributed by atoms with van der Waals surface area (Å²) in [6.07, 6.45) is 25.1. The summed E-state index contributed by atoms with van der Waals surface area (Å²) in [4.78, 5) is 14.9. The van der Waals surface area contributed by atoms with Gasteiger partial charge in [0.2, 0.25) is 11.6 Å². The second kappa shape index (κ2) is 21.0. The number of hydrogen-bond acceptors (Lipinski definition) is 3. The number of nitrogens with one attached hydrogen (secondary N) is 2. The van der Waals surface area contributed by atoms with Crippen LogP contribution >= 0.6 is 0 Å². The van der Waals surface area contributed by atoms with E-state index in [1.165, 1.54) is 78.9 Å². The summed E-state index contributed by atoms with van der Waals surface area (Å²) < 4.78 is 2.32. The van der Waals surface area contributed by atoms with Gasteiger partial charge in [0.05, 0.1) is 5.41 Å². The Labute approximate surface area is 321 Å². The van der Waals surface area contributed by atoms with Gasteiger partial charge in [0, 0.05) is 54.0 Å². The Balaban J connectivity index is 0.00000676. The van der Waals surface area contributed by atoms with Gasteiger partial charge in [0.15, 0.2) is 5.71 Å². The number of amides is 1. The minimum absolute atomic E-state index is 0. The maximum Gasteiger partial charge on any atom is 0.219 e. The van der Waals surface area contributed by atoms with Gasteiger partial charge in [0.25, 0.3) is 0 Å². The van der Waals surface area contributed by atoms with Crippen molar-refractivity contribution in [2.45, 2.75) is 122 Å². The second-order valence-corrected chi connectivity index (χ2v) is 15.1. The zero-order valence-corrected chi connectivity index (χ0v) is 34.2. The molecule has 0 spiro atoms. The quantitative estimate of drug-likeness (QED) is 0.0627. The predicted molar refractivity (Wildman–Crippen MR) is 210 cm³/mol. The Morgan fingerprint density at radius 2 is 1.40 bits per heavy atom. The lowest BCUT2D eigenvalue weighted by Gasteiger charge is -2.27. The van der Waals surface area contributed by atoms with Gasteiger partial charge in [0.1, 0.15) is 7.05 Å². The van der Waals surface area contributed by atoms with E-state index >= 15 is 0 Å². The normalized spacial score (nSPS) is 16.8. The first-order valence-corrected chi connectivity index (χ1v) is 19.3. The van der Waals surface area contributed by atoms with E-state index in [0.717, 1.165) is 51.9 Å². The summed E-state index contributed by atoms with van der Waals surface area (Å²) in [5.41, 5.74) is 7.89. The second-order valence-electron chi connectivity index (χ2n) is 15.1. The van der Waals surface area contributed by atoms with Crippen LogP contribution in [-0.2, 0) is 15.6 Å². The summed E-state index contributed by atoms with van der Waals surface area (Å²) in [5.74, 6) is 0.188. The molecule has 0 radical (unpaired) electrons. The van der Waals surface area contributed by atoms with Crippen LogP contribution in [0.2, 0.25) is 0 Å². The van der Waals surface area contributed by atoms with Gasteiger partial charge < -0.3 is 39.5 Å². The molecule has 2 aromatic carbocycles. The summed E-state index contributed by atoms with van der Waals surface area (Å²) in [5, 5.41) is 6.65. The topological polar surface area (TPSA) is 47.4 Å². The molecule has 6 heteroatoms. The average Bonchev–Trinajstić information content (AvgIpc) is 3.42. The molecule has 0 saturated heterocycles. The lowest BCUT2D eigenvalue weighted by molar-refractivity contribution is -0.401. The zero-order valence-electron chi connectivity index (χ0n) is 32.0. The molecule has 2 heterocycles. The first-order chi connectivity index (χ1) is 23.7. The van der Waals surface area contributed by atoms with Gasteiger partial charge >= 0.3 is 0 Å². The molecule has 0 atom stereocenters. The number of allylic oxidation sites excluding steroid dienone is 6. The molecule has 0 saturated carbocycles. The Bertz CT molecular complexity index is 1480. The van der Waals surface area contributed by atoms with E-state index in [4.69, 9.17) is 0 Å². The van der Waals surface area contributed by atoms with Gasteiger partial charge in [-0.3, -0.25) is 4.79 Å². The fourth-order valence-corrected chi connectivity index (χ4v) is 7.64. The van der Waals surface area contributed by atoms with Gasteiger partial charge in [-0.25, -0.2) is 0 Å². The Morgan fingerprint density at radius 3 is 2.16 bits per heavy atom. The molecule has 50 heavy (non-hydrogen) atoms. The Hall–Kier alpha value is -2.71. The van der Waals surface area contributed by atoms with Crippen molar-refractivity contribution in [1.29, 1.82) is 0 Å². The molecule has 2 aliphatic heterocycles. The number of benzene rings is 2. The van der Waals surface area contributed by atoms with E-state index in [2.05, 4.69) is 141 Å². The highest BCUT2D eigenvalue weighted by molar-refractivity contribution is 6.03. The van der Waals surface area contributed by atoms with Crippen molar-refractivity contribution < 1.29 is 33.3 Å². The van der Waals surface area contributed by atoms with Crippen molar-refractivity contribution in [3.63, 3.8) is 0 Å². The smallest absolute Gasteiger partial charge is 0.219 e. The third kappa shape index (κ3) is 11.1. The SMILES string of the molecule is CCCCCCCCCNCCCNC(=O)CCCCCN1C(=CC=CC=CC2=[N+](C)c3ccccc3C2(C)C)C(C)(C)c2ccccc21.[I-]. The van der Waals surface area contributed by atoms with Crippen LogP contribution in [-0.4, -0.2) is 49.4 Å². The monoisotopic (exact) mass is 792 g/mol. The number of halogens is 1. The van der Waals surface area contributed by atoms with Crippen LogP contribution in [0.25, 0.3) is 0 Å². The van der Waals surface area contributed by atoms with Crippen molar-refractivity contribution in [2.75, 3.05) is 38.1 Å². The van der Waals surface area contributed by atoms with Crippen LogP contribution in [0.4, 0.5) is 11.4 Å². The zero-order chi connectivity index (χ0) is 35.1.